The molecule has 3 N–H and O–H groups in total. The summed E-state index contributed by atoms with van der Waals surface area (Å²) in [5.41, 5.74) is 6.66. The number of carbonyl (C=O) groups excluding carboxylic acids is 1. The van der Waals surface area contributed by atoms with Gasteiger partial charge in [-0.15, -0.1) is 0 Å². The normalized spacial score (nSPS) is 17.4. The summed E-state index contributed by atoms with van der Waals surface area (Å²) in [6.45, 7) is 2.24. The summed E-state index contributed by atoms with van der Waals surface area (Å²) in [6, 6.07) is 4.50. The van der Waals surface area contributed by atoms with Crippen molar-refractivity contribution < 1.29 is 9.18 Å². The molecule has 0 aliphatic heterocycles. The van der Waals surface area contributed by atoms with E-state index in [0.29, 0.717) is 6.54 Å². The van der Waals surface area contributed by atoms with E-state index in [9.17, 15) is 9.18 Å². The lowest BCUT2D eigenvalue weighted by Gasteiger charge is -2.38. The molecule has 1 aliphatic rings. The number of hydrogen-bond acceptors (Lipinski definition) is 2. The molecule has 3 nitrogen and oxygen atoms in total. The Bertz CT molecular complexity index is 441. The molecule has 2 rings (SSSR count). The molecule has 1 aliphatic carbocycles. The van der Waals surface area contributed by atoms with Crippen LogP contribution in [0.2, 0.25) is 0 Å². The van der Waals surface area contributed by atoms with Gasteiger partial charge in [0.25, 0.3) is 5.91 Å². The predicted octanol–water partition coefficient (Wildman–Crippen LogP) is 1.75. The third-order valence-electron chi connectivity index (χ3n) is 3.32. The molecular formula is C13H17FN2O. The molecule has 1 saturated carbocycles. The first-order chi connectivity index (χ1) is 8.00. The van der Waals surface area contributed by atoms with E-state index < -0.39 is 5.82 Å². The molecule has 1 aromatic carbocycles. The van der Waals surface area contributed by atoms with Crippen molar-refractivity contribution in [1.82, 2.24) is 5.32 Å². The van der Waals surface area contributed by atoms with Gasteiger partial charge in [-0.2, -0.15) is 0 Å². The lowest BCUT2D eigenvalue weighted by Crippen LogP contribution is -2.55. The second-order valence-corrected chi connectivity index (χ2v) is 4.88. The lowest BCUT2D eigenvalue weighted by molar-refractivity contribution is 0.0925. The quantitative estimate of drug-likeness (QED) is 0.840. The number of halogens is 1. The predicted molar refractivity (Wildman–Crippen MR) is 64.2 cm³/mol. The first-order valence-electron chi connectivity index (χ1n) is 5.83. The van der Waals surface area contributed by atoms with E-state index >= 15 is 0 Å². The van der Waals surface area contributed by atoms with Gasteiger partial charge >= 0.3 is 0 Å². The van der Waals surface area contributed by atoms with Gasteiger partial charge in [-0.05, 0) is 38.3 Å². The van der Waals surface area contributed by atoms with Crippen LogP contribution in [-0.4, -0.2) is 18.0 Å². The molecule has 0 bridgehead atoms. The maximum absolute atomic E-state index is 13.4. The molecule has 0 aromatic heterocycles. The van der Waals surface area contributed by atoms with Crippen LogP contribution >= 0.6 is 0 Å². The highest BCUT2D eigenvalue weighted by molar-refractivity contribution is 5.94. The SMILES string of the molecule is Cc1ccc(F)c(C(=O)NCC2(N)CCC2)c1. The Kier molecular flexibility index (Phi) is 3.15. The molecule has 1 fully saturated rings. The van der Waals surface area contributed by atoms with E-state index in [4.69, 9.17) is 5.73 Å². The molecule has 0 heterocycles. The smallest absolute Gasteiger partial charge is 0.254 e. The Labute approximate surface area is 100 Å². The van der Waals surface area contributed by atoms with Crippen LogP contribution in [0.5, 0.6) is 0 Å². The highest BCUT2D eigenvalue weighted by Gasteiger charge is 2.32. The maximum atomic E-state index is 13.4. The summed E-state index contributed by atoms with van der Waals surface area (Å²) in [4.78, 5) is 11.8. The topological polar surface area (TPSA) is 55.1 Å². The number of benzene rings is 1. The average molecular weight is 236 g/mol. The molecule has 1 amide bonds. The van der Waals surface area contributed by atoms with E-state index in [1.165, 1.54) is 6.07 Å². The number of aryl methyl sites for hydroxylation is 1. The van der Waals surface area contributed by atoms with Crippen molar-refractivity contribution in [3.8, 4) is 0 Å². The van der Waals surface area contributed by atoms with Crippen LogP contribution in [0.15, 0.2) is 18.2 Å². The number of nitrogens with two attached hydrogens (primary N) is 1. The summed E-state index contributed by atoms with van der Waals surface area (Å²) >= 11 is 0. The molecule has 4 heteroatoms. The highest BCUT2D eigenvalue weighted by atomic mass is 19.1. The molecule has 17 heavy (non-hydrogen) atoms. The molecule has 0 radical (unpaired) electrons. The van der Waals surface area contributed by atoms with Crippen molar-refractivity contribution in [1.29, 1.82) is 0 Å². The van der Waals surface area contributed by atoms with Gasteiger partial charge in [0.1, 0.15) is 5.82 Å². The average Bonchev–Trinajstić information content (AvgIpc) is 2.26. The Morgan fingerprint density at radius 2 is 2.24 bits per heavy atom. The summed E-state index contributed by atoms with van der Waals surface area (Å²) in [5.74, 6) is -0.879. The Morgan fingerprint density at radius 3 is 2.82 bits per heavy atom. The minimum absolute atomic E-state index is 0.0907. The molecule has 0 spiro atoms. The molecule has 92 valence electrons. The van der Waals surface area contributed by atoms with Gasteiger partial charge in [0, 0.05) is 12.1 Å². The van der Waals surface area contributed by atoms with E-state index in [2.05, 4.69) is 5.32 Å². The van der Waals surface area contributed by atoms with E-state index in [1.807, 2.05) is 6.92 Å². The van der Waals surface area contributed by atoms with Crippen LogP contribution in [0.3, 0.4) is 0 Å². The highest BCUT2D eigenvalue weighted by Crippen LogP contribution is 2.28. The Hall–Kier alpha value is -1.42. The van der Waals surface area contributed by atoms with Gasteiger partial charge in [0.15, 0.2) is 0 Å². The summed E-state index contributed by atoms with van der Waals surface area (Å²) in [6.07, 6.45) is 2.94. The van der Waals surface area contributed by atoms with Crippen molar-refractivity contribution in [3.63, 3.8) is 0 Å². The van der Waals surface area contributed by atoms with Crippen molar-refractivity contribution in [2.45, 2.75) is 31.7 Å². The number of nitrogens with one attached hydrogen (secondary N) is 1. The fraction of sp³-hybridized carbons (Fsp3) is 0.462. The van der Waals surface area contributed by atoms with Crippen molar-refractivity contribution in [3.05, 3.63) is 35.1 Å². The van der Waals surface area contributed by atoms with Gasteiger partial charge in [0.2, 0.25) is 0 Å². The molecule has 0 saturated heterocycles. The number of rotatable bonds is 3. The summed E-state index contributed by atoms with van der Waals surface area (Å²) < 4.78 is 13.4. The van der Waals surface area contributed by atoms with Crippen LogP contribution < -0.4 is 11.1 Å². The molecule has 1 aromatic rings. The minimum atomic E-state index is -0.493. The number of amides is 1. The lowest BCUT2D eigenvalue weighted by atomic mass is 9.78. The van der Waals surface area contributed by atoms with Gasteiger partial charge in [-0.1, -0.05) is 11.6 Å². The zero-order valence-corrected chi connectivity index (χ0v) is 9.92. The van der Waals surface area contributed by atoms with Crippen LogP contribution in [0.25, 0.3) is 0 Å². The van der Waals surface area contributed by atoms with Crippen molar-refractivity contribution in [2.75, 3.05) is 6.54 Å². The monoisotopic (exact) mass is 236 g/mol. The fourth-order valence-electron chi connectivity index (χ4n) is 1.97. The molecule has 0 atom stereocenters. The summed E-state index contributed by atoms with van der Waals surface area (Å²) in [7, 11) is 0. The summed E-state index contributed by atoms with van der Waals surface area (Å²) in [5, 5.41) is 2.71. The largest absolute Gasteiger partial charge is 0.350 e. The third-order valence-corrected chi connectivity index (χ3v) is 3.32. The van der Waals surface area contributed by atoms with E-state index in [0.717, 1.165) is 24.8 Å². The van der Waals surface area contributed by atoms with Crippen LogP contribution in [0.1, 0.15) is 35.2 Å². The van der Waals surface area contributed by atoms with Gasteiger partial charge in [-0.3, -0.25) is 4.79 Å². The minimum Gasteiger partial charge on any atom is -0.350 e. The fourth-order valence-corrected chi connectivity index (χ4v) is 1.97. The first kappa shape index (κ1) is 12.0. The Morgan fingerprint density at radius 1 is 1.53 bits per heavy atom. The molecular weight excluding hydrogens is 219 g/mol. The van der Waals surface area contributed by atoms with Gasteiger partial charge in [0.05, 0.1) is 5.56 Å². The number of carbonyl (C=O) groups is 1. The zero-order chi connectivity index (χ0) is 12.5. The zero-order valence-electron chi connectivity index (χ0n) is 9.92. The van der Waals surface area contributed by atoms with E-state index in [1.54, 1.807) is 12.1 Å². The Balaban J connectivity index is 2.01. The van der Waals surface area contributed by atoms with Gasteiger partial charge < -0.3 is 11.1 Å². The van der Waals surface area contributed by atoms with Crippen molar-refractivity contribution in [2.24, 2.45) is 5.73 Å². The van der Waals surface area contributed by atoms with Gasteiger partial charge in [-0.25, -0.2) is 4.39 Å². The van der Waals surface area contributed by atoms with Crippen LogP contribution in [0.4, 0.5) is 4.39 Å². The molecule has 0 unspecified atom stereocenters. The number of hydrogen-bond donors (Lipinski definition) is 2. The second-order valence-electron chi connectivity index (χ2n) is 4.88. The van der Waals surface area contributed by atoms with Crippen LogP contribution in [0, 0.1) is 12.7 Å². The first-order valence-corrected chi connectivity index (χ1v) is 5.83. The van der Waals surface area contributed by atoms with Crippen molar-refractivity contribution >= 4 is 5.91 Å². The standard InChI is InChI=1S/C13H17FN2O/c1-9-3-4-11(14)10(7-9)12(17)16-8-13(15)5-2-6-13/h3-4,7H,2,5-6,8,15H2,1H3,(H,16,17). The maximum Gasteiger partial charge on any atom is 0.254 e. The van der Waals surface area contributed by atoms with E-state index in [-0.39, 0.29) is 17.0 Å². The second kappa shape index (κ2) is 4.45. The van der Waals surface area contributed by atoms with Crippen LogP contribution in [-0.2, 0) is 0 Å². The third kappa shape index (κ3) is 2.64.